The molecule has 0 spiro atoms. The minimum absolute atomic E-state index is 0.218. The highest BCUT2D eigenvalue weighted by Gasteiger charge is 2.26. The number of aromatic nitrogens is 1. The number of ether oxygens (including phenoxy) is 4. The molecule has 1 aromatic carbocycles. The maximum absolute atomic E-state index is 8.45. The van der Waals surface area contributed by atoms with E-state index in [4.69, 9.17) is 24.5 Å². The zero-order valence-electron chi connectivity index (χ0n) is 13.3. The number of fused-ring (bicyclic) bond motifs is 1. The van der Waals surface area contributed by atoms with E-state index in [1.165, 1.54) is 0 Å². The average Bonchev–Trinajstić information content (AvgIpc) is 2.65. The van der Waals surface area contributed by atoms with Crippen molar-refractivity contribution in [2.24, 2.45) is 5.11 Å². The molecule has 0 fully saturated rings. The maximum Gasteiger partial charge on any atom is 0.212 e. The Kier molecular flexibility index (Phi) is 4.58. The summed E-state index contributed by atoms with van der Waals surface area (Å²) >= 11 is 0. The summed E-state index contributed by atoms with van der Waals surface area (Å²) in [5.41, 5.74) is 10.1. The second-order valence-electron chi connectivity index (χ2n) is 5.07. The molecule has 0 N–H and O–H groups in total. The lowest BCUT2D eigenvalue weighted by molar-refractivity contribution is 0.0867. The van der Waals surface area contributed by atoms with Crippen LogP contribution in [-0.4, -0.2) is 25.8 Å². The van der Waals surface area contributed by atoms with Crippen molar-refractivity contribution in [1.29, 1.82) is 0 Å². The molecule has 0 radical (unpaired) electrons. The van der Waals surface area contributed by atoms with Crippen LogP contribution in [0.15, 0.2) is 35.6 Å². The molecule has 0 saturated carbocycles. The summed E-state index contributed by atoms with van der Waals surface area (Å²) in [5.74, 6) is 2.16. The first-order valence-corrected chi connectivity index (χ1v) is 7.26. The van der Waals surface area contributed by atoms with Gasteiger partial charge in [0.15, 0.2) is 17.6 Å². The Bertz CT molecular complexity index is 755. The summed E-state index contributed by atoms with van der Waals surface area (Å²) in [6.45, 7) is 0.560. The molecule has 1 atom stereocenters. The number of nitrogens with zero attached hydrogens (tertiary/aromatic N) is 4. The van der Waals surface area contributed by atoms with E-state index in [-0.39, 0.29) is 12.6 Å². The van der Waals surface area contributed by atoms with Crippen molar-refractivity contribution in [3.8, 4) is 23.1 Å². The van der Waals surface area contributed by atoms with Gasteiger partial charge in [0, 0.05) is 22.7 Å². The molecular formula is C16H16N4O4. The average molecular weight is 328 g/mol. The minimum atomic E-state index is -0.298. The van der Waals surface area contributed by atoms with Crippen molar-refractivity contribution in [3.05, 3.63) is 52.0 Å². The third-order valence-electron chi connectivity index (χ3n) is 3.61. The first-order valence-electron chi connectivity index (χ1n) is 7.26. The number of azide groups is 1. The second kappa shape index (κ2) is 6.97. The number of hydrogen-bond acceptors (Lipinski definition) is 6. The Labute approximate surface area is 138 Å². The van der Waals surface area contributed by atoms with Gasteiger partial charge in [0.25, 0.3) is 0 Å². The van der Waals surface area contributed by atoms with Crippen LogP contribution in [0, 0.1) is 0 Å². The molecule has 124 valence electrons. The monoisotopic (exact) mass is 328 g/mol. The fraction of sp³-hybridized carbons (Fsp3) is 0.312. The van der Waals surface area contributed by atoms with Crippen molar-refractivity contribution in [2.45, 2.75) is 12.6 Å². The van der Waals surface area contributed by atoms with Crippen molar-refractivity contribution >= 4 is 0 Å². The van der Waals surface area contributed by atoms with Gasteiger partial charge in [-0.25, -0.2) is 4.98 Å². The molecule has 1 unspecified atom stereocenters. The predicted octanol–water partition coefficient (Wildman–Crippen LogP) is 3.42. The first-order chi connectivity index (χ1) is 11.7. The zero-order chi connectivity index (χ0) is 16.9. The molecular weight excluding hydrogens is 312 g/mol. The smallest absolute Gasteiger partial charge is 0.212 e. The van der Waals surface area contributed by atoms with E-state index < -0.39 is 0 Å². The fourth-order valence-electron chi connectivity index (χ4n) is 2.42. The zero-order valence-corrected chi connectivity index (χ0v) is 13.3. The fourth-order valence-corrected chi connectivity index (χ4v) is 2.42. The Morgan fingerprint density at radius 3 is 2.88 bits per heavy atom. The number of rotatable bonds is 5. The van der Waals surface area contributed by atoms with Crippen LogP contribution in [0.25, 0.3) is 10.4 Å². The Hall–Kier alpha value is -3.12. The topological polar surface area (TPSA) is 98.6 Å². The Morgan fingerprint density at radius 2 is 2.21 bits per heavy atom. The molecule has 0 bridgehead atoms. The van der Waals surface area contributed by atoms with Gasteiger partial charge in [0.2, 0.25) is 11.6 Å². The summed E-state index contributed by atoms with van der Waals surface area (Å²) in [6, 6.07) is 7.21. The molecule has 1 aliphatic heterocycles. The van der Waals surface area contributed by atoms with Crippen LogP contribution in [0.4, 0.5) is 0 Å². The lowest BCUT2D eigenvalue weighted by Gasteiger charge is -2.28. The molecule has 3 rings (SSSR count). The predicted molar refractivity (Wildman–Crippen MR) is 85.5 cm³/mol. The van der Waals surface area contributed by atoms with Gasteiger partial charge in [-0.05, 0) is 29.3 Å². The van der Waals surface area contributed by atoms with E-state index in [1.807, 2.05) is 6.07 Å². The summed E-state index contributed by atoms with van der Waals surface area (Å²) in [6.07, 6.45) is 1.40. The lowest BCUT2D eigenvalue weighted by atomic mass is 10.1. The van der Waals surface area contributed by atoms with Crippen molar-refractivity contribution in [1.82, 2.24) is 4.98 Å². The van der Waals surface area contributed by atoms with E-state index in [0.717, 1.165) is 11.1 Å². The van der Waals surface area contributed by atoms with Crippen LogP contribution in [0.1, 0.15) is 17.2 Å². The highest BCUT2D eigenvalue weighted by Crippen LogP contribution is 2.44. The number of pyridine rings is 1. The van der Waals surface area contributed by atoms with Gasteiger partial charge in [0.05, 0.1) is 20.8 Å². The molecule has 0 saturated heterocycles. The third-order valence-corrected chi connectivity index (χ3v) is 3.61. The molecule has 1 aliphatic rings. The molecule has 1 aromatic heterocycles. The van der Waals surface area contributed by atoms with Crippen LogP contribution in [0.5, 0.6) is 23.1 Å². The molecule has 0 amide bonds. The van der Waals surface area contributed by atoms with Crippen molar-refractivity contribution < 1.29 is 18.9 Å². The van der Waals surface area contributed by atoms with E-state index in [9.17, 15) is 0 Å². The van der Waals surface area contributed by atoms with Crippen LogP contribution >= 0.6 is 0 Å². The number of benzene rings is 1. The molecule has 0 aliphatic carbocycles. The van der Waals surface area contributed by atoms with Gasteiger partial charge >= 0.3 is 0 Å². The highest BCUT2D eigenvalue weighted by atomic mass is 16.6. The second-order valence-corrected chi connectivity index (χ2v) is 5.07. The molecule has 8 nitrogen and oxygen atoms in total. The minimum Gasteiger partial charge on any atom is -0.493 e. The lowest BCUT2D eigenvalue weighted by Crippen LogP contribution is -2.22. The van der Waals surface area contributed by atoms with Crippen LogP contribution in [0.3, 0.4) is 0 Å². The van der Waals surface area contributed by atoms with E-state index in [2.05, 4.69) is 15.0 Å². The van der Waals surface area contributed by atoms with Crippen molar-refractivity contribution in [2.75, 3.05) is 20.8 Å². The standard InChI is InChI=1S/C16H16N4O4/c1-21-12-5-10(7-19-20-17)6-13-16(12)24-14(9-23-13)11-3-4-15(22-2)18-8-11/h3-6,8,14H,7,9H2,1-2H3. The summed E-state index contributed by atoms with van der Waals surface area (Å²) in [7, 11) is 3.12. The van der Waals surface area contributed by atoms with Crippen LogP contribution in [-0.2, 0) is 6.54 Å². The normalized spacial score (nSPS) is 15.3. The summed E-state index contributed by atoms with van der Waals surface area (Å²) in [4.78, 5) is 6.94. The summed E-state index contributed by atoms with van der Waals surface area (Å²) in [5, 5.41) is 3.55. The third kappa shape index (κ3) is 3.13. The van der Waals surface area contributed by atoms with Gasteiger partial charge in [-0.2, -0.15) is 0 Å². The van der Waals surface area contributed by atoms with E-state index in [1.54, 1.807) is 38.6 Å². The van der Waals surface area contributed by atoms with Gasteiger partial charge in [-0.3, -0.25) is 0 Å². The Balaban J connectivity index is 1.87. The van der Waals surface area contributed by atoms with Crippen LogP contribution in [0.2, 0.25) is 0 Å². The van der Waals surface area contributed by atoms with Crippen molar-refractivity contribution in [3.63, 3.8) is 0 Å². The van der Waals surface area contributed by atoms with Gasteiger partial charge in [0.1, 0.15) is 6.61 Å². The molecule has 24 heavy (non-hydrogen) atoms. The molecule has 2 aromatic rings. The van der Waals surface area contributed by atoms with Gasteiger partial charge in [-0.15, -0.1) is 0 Å². The summed E-state index contributed by atoms with van der Waals surface area (Å²) < 4.78 is 22.3. The Morgan fingerprint density at radius 1 is 1.33 bits per heavy atom. The van der Waals surface area contributed by atoms with Crippen LogP contribution < -0.4 is 18.9 Å². The van der Waals surface area contributed by atoms with E-state index >= 15 is 0 Å². The first kappa shape index (κ1) is 15.8. The van der Waals surface area contributed by atoms with Gasteiger partial charge in [-0.1, -0.05) is 5.11 Å². The number of methoxy groups -OCH3 is 2. The SMILES string of the molecule is COc1ccc(C2COc3cc(CN=[N+]=[N-])cc(OC)c3O2)cn1. The quantitative estimate of drug-likeness (QED) is 0.476. The molecule has 8 heteroatoms. The largest absolute Gasteiger partial charge is 0.493 e. The highest BCUT2D eigenvalue weighted by molar-refractivity contribution is 5.55. The maximum atomic E-state index is 8.45. The van der Waals surface area contributed by atoms with E-state index in [0.29, 0.717) is 29.7 Å². The van der Waals surface area contributed by atoms with Gasteiger partial charge < -0.3 is 18.9 Å². The number of hydrogen-bond donors (Lipinski definition) is 0. The molecule has 2 heterocycles.